The zero-order valence-corrected chi connectivity index (χ0v) is 11.2. The summed E-state index contributed by atoms with van der Waals surface area (Å²) in [7, 11) is 1.79. The third-order valence-electron chi connectivity index (χ3n) is 3.77. The molecule has 1 aliphatic rings. The predicted molar refractivity (Wildman–Crippen MR) is 73.3 cm³/mol. The van der Waals surface area contributed by atoms with Crippen LogP contribution in [0.5, 0.6) is 0 Å². The molecule has 2 rings (SSSR count). The van der Waals surface area contributed by atoms with Crippen LogP contribution < -0.4 is 11.1 Å². The maximum atomic E-state index is 11.5. The molecule has 1 aromatic carbocycles. The smallest absolute Gasteiger partial charge is 0.321 e. The maximum absolute atomic E-state index is 11.5. The van der Waals surface area contributed by atoms with Crippen molar-refractivity contribution in [1.82, 2.24) is 4.90 Å². The van der Waals surface area contributed by atoms with Crippen LogP contribution in [0.3, 0.4) is 0 Å². The van der Waals surface area contributed by atoms with Gasteiger partial charge in [0.15, 0.2) is 0 Å². The highest BCUT2D eigenvalue weighted by molar-refractivity contribution is 5.92. The molecule has 1 heterocycles. The highest BCUT2D eigenvalue weighted by atomic mass is 16.2. The van der Waals surface area contributed by atoms with Gasteiger partial charge in [-0.3, -0.25) is 0 Å². The van der Waals surface area contributed by atoms with Gasteiger partial charge in [0.2, 0.25) is 0 Å². The van der Waals surface area contributed by atoms with Crippen LogP contribution in [0, 0.1) is 5.92 Å². The minimum Gasteiger partial charge on any atom is -0.324 e. The Hall–Kier alpha value is -1.55. The number of anilines is 1. The van der Waals surface area contributed by atoms with Gasteiger partial charge >= 0.3 is 6.03 Å². The summed E-state index contributed by atoms with van der Waals surface area (Å²) in [5.74, 6) is 0.457. The molecule has 0 fully saturated rings. The van der Waals surface area contributed by atoms with Crippen LogP contribution in [0.2, 0.25) is 0 Å². The molecule has 3 N–H and O–H groups in total. The SMILES string of the molecule is CCC(C)C(N)c1ccc2c(c1)CN(C)C(=O)N2. The van der Waals surface area contributed by atoms with Crippen molar-refractivity contribution in [3.63, 3.8) is 0 Å². The van der Waals surface area contributed by atoms with Crippen molar-refractivity contribution >= 4 is 11.7 Å². The number of rotatable bonds is 3. The van der Waals surface area contributed by atoms with Gasteiger partial charge in [0.1, 0.15) is 0 Å². The highest BCUT2D eigenvalue weighted by Gasteiger charge is 2.21. The van der Waals surface area contributed by atoms with Gasteiger partial charge in [-0.25, -0.2) is 4.79 Å². The summed E-state index contributed by atoms with van der Waals surface area (Å²) in [5, 5.41) is 2.87. The van der Waals surface area contributed by atoms with Gasteiger partial charge in [-0.1, -0.05) is 32.4 Å². The normalized spacial score (nSPS) is 18.0. The van der Waals surface area contributed by atoms with Crippen LogP contribution in [0.25, 0.3) is 0 Å². The third-order valence-corrected chi connectivity index (χ3v) is 3.77. The number of amides is 2. The molecule has 98 valence electrons. The molecule has 18 heavy (non-hydrogen) atoms. The Morgan fingerprint density at radius 2 is 2.22 bits per heavy atom. The van der Waals surface area contributed by atoms with E-state index in [0.717, 1.165) is 23.2 Å². The van der Waals surface area contributed by atoms with Crippen molar-refractivity contribution in [3.8, 4) is 0 Å². The van der Waals surface area contributed by atoms with E-state index in [9.17, 15) is 4.79 Å². The van der Waals surface area contributed by atoms with Crippen molar-refractivity contribution < 1.29 is 4.79 Å². The Morgan fingerprint density at radius 1 is 1.50 bits per heavy atom. The number of fused-ring (bicyclic) bond motifs is 1. The molecule has 0 radical (unpaired) electrons. The lowest BCUT2D eigenvalue weighted by Gasteiger charge is -2.27. The van der Waals surface area contributed by atoms with Crippen LogP contribution in [0.1, 0.15) is 37.4 Å². The van der Waals surface area contributed by atoms with Gasteiger partial charge in [-0.2, -0.15) is 0 Å². The monoisotopic (exact) mass is 247 g/mol. The topological polar surface area (TPSA) is 58.4 Å². The van der Waals surface area contributed by atoms with Crippen LogP contribution >= 0.6 is 0 Å². The minimum absolute atomic E-state index is 0.0542. The molecule has 0 aliphatic carbocycles. The summed E-state index contributed by atoms with van der Waals surface area (Å²) < 4.78 is 0. The third kappa shape index (κ3) is 2.34. The second kappa shape index (κ2) is 4.98. The number of benzene rings is 1. The molecule has 0 aromatic heterocycles. The average Bonchev–Trinajstić information content (AvgIpc) is 2.37. The van der Waals surface area contributed by atoms with Gasteiger partial charge in [-0.05, 0) is 23.1 Å². The van der Waals surface area contributed by atoms with Gasteiger partial charge in [0.05, 0.1) is 0 Å². The van der Waals surface area contributed by atoms with Gasteiger partial charge in [0.25, 0.3) is 0 Å². The van der Waals surface area contributed by atoms with E-state index in [1.807, 2.05) is 12.1 Å². The zero-order chi connectivity index (χ0) is 13.3. The lowest BCUT2D eigenvalue weighted by molar-refractivity contribution is 0.218. The number of hydrogen-bond donors (Lipinski definition) is 2. The second-order valence-electron chi connectivity index (χ2n) is 5.11. The van der Waals surface area contributed by atoms with Crippen LogP contribution in [-0.4, -0.2) is 18.0 Å². The molecule has 0 saturated carbocycles. The molecule has 4 nitrogen and oxygen atoms in total. The number of nitrogens with zero attached hydrogens (tertiary/aromatic N) is 1. The molecule has 0 bridgehead atoms. The fourth-order valence-corrected chi connectivity index (χ4v) is 2.19. The number of hydrogen-bond acceptors (Lipinski definition) is 2. The molecule has 2 unspecified atom stereocenters. The maximum Gasteiger partial charge on any atom is 0.321 e. The van der Waals surface area contributed by atoms with Crippen molar-refractivity contribution in [2.75, 3.05) is 12.4 Å². The summed E-state index contributed by atoms with van der Waals surface area (Å²) in [6.45, 7) is 4.96. The van der Waals surface area contributed by atoms with Crippen LogP contribution in [0.15, 0.2) is 18.2 Å². The standard InChI is InChI=1S/C14H21N3O/c1-4-9(2)13(15)10-5-6-12-11(7-10)8-17(3)14(18)16-12/h5-7,9,13H,4,8,15H2,1-3H3,(H,16,18). The number of nitrogens with one attached hydrogen (secondary N) is 1. The fraction of sp³-hybridized carbons (Fsp3) is 0.500. The van der Waals surface area contributed by atoms with Crippen molar-refractivity contribution in [1.29, 1.82) is 0 Å². The highest BCUT2D eigenvalue weighted by Crippen LogP contribution is 2.28. The molecule has 1 aromatic rings. The number of carbonyl (C=O) groups is 1. The number of urea groups is 1. The summed E-state index contributed by atoms with van der Waals surface area (Å²) >= 11 is 0. The first kappa shape index (κ1) is 12.9. The molecular formula is C14H21N3O. The second-order valence-corrected chi connectivity index (χ2v) is 5.11. The van der Waals surface area contributed by atoms with Crippen molar-refractivity contribution in [2.45, 2.75) is 32.9 Å². The molecule has 0 saturated heterocycles. The summed E-state index contributed by atoms with van der Waals surface area (Å²) in [5.41, 5.74) is 9.42. The van der Waals surface area contributed by atoms with E-state index >= 15 is 0 Å². The van der Waals surface area contributed by atoms with Gasteiger partial charge in [0, 0.05) is 25.3 Å². The average molecular weight is 247 g/mol. The lowest BCUT2D eigenvalue weighted by atomic mass is 9.91. The van der Waals surface area contributed by atoms with E-state index in [-0.39, 0.29) is 12.1 Å². The Kier molecular flexibility index (Phi) is 3.57. The Bertz CT molecular complexity index is 458. The first-order valence-corrected chi connectivity index (χ1v) is 6.43. The van der Waals surface area contributed by atoms with Crippen molar-refractivity contribution in [3.05, 3.63) is 29.3 Å². The van der Waals surface area contributed by atoms with E-state index < -0.39 is 0 Å². The predicted octanol–water partition coefficient (Wildman–Crippen LogP) is 2.71. The van der Waals surface area contributed by atoms with Gasteiger partial charge < -0.3 is 16.0 Å². The van der Waals surface area contributed by atoms with Crippen LogP contribution in [0.4, 0.5) is 10.5 Å². The van der Waals surface area contributed by atoms with Gasteiger partial charge in [-0.15, -0.1) is 0 Å². The summed E-state index contributed by atoms with van der Waals surface area (Å²) in [6.07, 6.45) is 1.06. The molecule has 0 spiro atoms. The Morgan fingerprint density at radius 3 is 2.89 bits per heavy atom. The Labute approximate surface area is 108 Å². The van der Waals surface area contributed by atoms with E-state index in [2.05, 4.69) is 25.2 Å². The quantitative estimate of drug-likeness (QED) is 0.862. The lowest BCUT2D eigenvalue weighted by Crippen LogP contribution is -2.35. The molecular weight excluding hydrogens is 226 g/mol. The first-order chi connectivity index (χ1) is 8.52. The van der Waals surface area contributed by atoms with E-state index in [0.29, 0.717) is 12.5 Å². The van der Waals surface area contributed by atoms with Crippen LogP contribution in [-0.2, 0) is 6.54 Å². The number of carbonyl (C=O) groups excluding carboxylic acids is 1. The fourth-order valence-electron chi connectivity index (χ4n) is 2.19. The molecule has 1 aliphatic heterocycles. The van der Waals surface area contributed by atoms with E-state index in [1.165, 1.54) is 0 Å². The zero-order valence-electron chi connectivity index (χ0n) is 11.2. The van der Waals surface area contributed by atoms with Crippen molar-refractivity contribution in [2.24, 2.45) is 11.7 Å². The molecule has 2 atom stereocenters. The largest absolute Gasteiger partial charge is 0.324 e. The van der Waals surface area contributed by atoms with E-state index in [1.54, 1.807) is 11.9 Å². The number of nitrogens with two attached hydrogens (primary N) is 1. The molecule has 2 amide bonds. The minimum atomic E-state index is -0.0542. The Balaban J connectivity index is 2.27. The molecule has 4 heteroatoms. The summed E-state index contributed by atoms with van der Waals surface area (Å²) in [4.78, 5) is 13.2. The first-order valence-electron chi connectivity index (χ1n) is 6.43. The summed E-state index contributed by atoms with van der Waals surface area (Å²) in [6, 6.07) is 6.09. The van der Waals surface area contributed by atoms with E-state index in [4.69, 9.17) is 5.73 Å².